The molecule has 2 heterocycles. The highest BCUT2D eigenvalue weighted by Crippen LogP contribution is 2.27. The molecule has 0 bridgehead atoms. The number of nitrogens with zero attached hydrogens (tertiary/aromatic N) is 1. The molecule has 1 aliphatic heterocycles. The SMILES string of the molecule is CC1CCC(NC(=O)C2CCCN(S(=O)(=O)c3cccs3)C2)CC1. The lowest BCUT2D eigenvalue weighted by atomic mass is 9.87. The lowest BCUT2D eigenvalue weighted by molar-refractivity contribution is -0.127. The van der Waals surface area contributed by atoms with Crippen LogP contribution in [0, 0.1) is 11.8 Å². The van der Waals surface area contributed by atoms with Crippen LogP contribution in [-0.2, 0) is 14.8 Å². The quantitative estimate of drug-likeness (QED) is 0.886. The normalized spacial score (nSPS) is 29.3. The standard InChI is InChI=1S/C17H26N2O3S2/c1-13-6-8-15(9-7-13)18-17(20)14-4-2-10-19(12-14)24(21,22)16-5-3-11-23-16/h3,5,11,13-15H,2,4,6-10,12H2,1H3,(H,18,20). The maximum Gasteiger partial charge on any atom is 0.252 e. The molecule has 3 rings (SSSR count). The summed E-state index contributed by atoms with van der Waals surface area (Å²) < 4.78 is 27.1. The molecule has 1 aliphatic carbocycles. The first-order chi connectivity index (χ1) is 11.5. The van der Waals surface area contributed by atoms with E-state index in [1.54, 1.807) is 17.5 Å². The molecule has 0 spiro atoms. The Morgan fingerprint density at radius 2 is 2.00 bits per heavy atom. The monoisotopic (exact) mass is 370 g/mol. The van der Waals surface area contributed by atoms with E-state index < -0.39 is 10.0 Å². The smallest absolute Gasteiger partial charge is 0.252 e. The van der Waals surface area contributed by atoms with Crippen LogP contribution in [0.2, 0.25) is 0 Å². The number of rotatable bonds is 4. The van der Waals surface area contributed by atoms with Crippen molar-refractivity contribution in [2.45, 2.75) is 55.7 Å². The van der Waals surface area contributed by atoms with E-state index in [9.17, 15) is 13.2 Å². The fraction of sp³-hybridized carbons (Fsp3) is 0.706. The molecule has 1 N–H and O–H groups in total. The molecule has 7 heteroatoms. The molecule has 1 aromatic rings. The van der Waals surface area contributed by atoms with E-state index >= 15 is 0 Å². The van der Waals surface area contributed by atoms with Crippen LogP contribution in [0.4, 0.5) is 0 Å². The third kappa shape index (κ3) is 4.00. The lowest BCUT2D eigenvalue weighted by Gasteiger charge is -2.33. The lowest BCUT2D eigenvalue weighted by Crippen LogP contribution is -2.48. The number of carbonyl (C=O) groups excluding carboxylic acids is 1. The molecule has 1 aromatic heterocycles. The van der Waals surface area contributed by atoms with Gasteiger partial charge < -0.3 is 5.32 Å². The molecule has 1 unspecified atom stereocenters. The molecule has 0 radical (unpaired) electrons. The summed E-state index contributed by atoms with van der Waals surface area (Å²) in [5.74, 6) is 0.549. The van der Waals surface area contributed by atoms with Crippen molar-refractivity contribution in [2.24, 2.45) is 11.8 Å². The van der Waals surface area contributed by atoms with E-state index in [4.69, 9.17) is 0 Å². The fourth-order valence-corrected chi connectivity index (χ4v) is 6.30. The average molecular weight is 371 g/mol. The minimum Gasteiger partial charge on any atom is -0.353 e. The highest BCUT2D eigenvalue weighted by molar-refractivity contribution is 7.91. The number of thiophene rings is 1. The van der Waals surface area contributed by atoms with Crippen molar-refractivity contribution in [2.75, 3.05) is 13.1 Å². The van der Waals surface area contributed by atoms with Crippen LogP contribution >= 0.6 is 11.3 Å². The number of hydrogen-bond donors (Lipinski definition) is 1. The van der Waals surface area contributed by atoms with Crippen LogP contribution in [0.3, 0.4) is 0 Å². The summed E-state index contributed by atoms with van der Waals surface area (Å²) in [6.07, 6.45) is 5.91. The van der Waals surface area contributed by atoms with Gasteiger partial charge in [-0.25, -0.2) is 8.42 Å². The maximum absolute atomic E-state index is 12.6. The van der Waals surface area contributed by atoms with Crippen LogP contribution in [0.1, 0.15) is 45.4 Å². The van der Waals surface area contributed by atoms with E-state index in [2.05, 4.69) is 12.2 Å². The summed E-state index contributed by atoms with van der Waals surface area (Å²) in [6, 6.07) is 3.64. The maximum atomic E-state index is 12.6. The predicted molar refractivity (Wildman–Crippen MR) is 95.4 cm³/mol. The highest BCUT2D eigenvalue weighted by atomic mass is 32.2. The summed E-state index contributed by atoms with van der Waals surface area (Å²) in [5.41, 5.74) is 0. The second-order valence-corrected chi connectivity index (χ2v) is 10.2. The molecule has 1 atom stereocenters. The first kappa shape index (κ1) is 17.9. The molecule has 5 nitrogen and oxygen atoms in total. The largest absolute Gasteiger partial charge is 0.353 e. The van der Waals surface area contributed by atoms with Gasteiger partial charge >= 0.3 is 0 Å². The number of hydrogen-bond acceptors (Lipinski definition) is 4. The molecule has 0 aromatic carbocycles. The molecule has 24 heavy (non-hydrogen) atoms. The Hall–Kier alpha value is -0.920. The van der Waals surface area contributed by atoms with Gasteiger partial charge in [-0.2, -0.15) is 4.31 Å². The van der Waals surface area contributed by atoms with E-state index in [1.165, 1.54) is 15.6 Å². The van der Waals surface area contributed by atoms with Gasteiger partial charge in [0.1, 0.15) is 4.21 Å². The van der Waals surface area contributed by atoms with Crippen molar-refractivity contribution in [3.05, 3.63) is 17.5 Å². The van der Waals surface area contributed by atoms with Gasteiger partial charge in [0.2, 0.25) is 5.91 Å². The van der Waals surface area contributed by atoms with Crippen LogP contribution < -0.4 is 5.32 Å². The van der Waals surface area contributed by atoms with Crippen molar-refractivity contribution in [1.29, 1.82) is 0 Å². The third-order valence-electron chi connectivity index (χ3n) is 5.21. The predicted octanol–water partition coefficient (Wildman–Crippen LogP) is 2.84. The second-order valence-electron chi connectivity index (χ2n) is 7.10. The number of carbonyl (C=O) groups is 1. The first-order valence-corrected chi connectivity index (χ1v) is 11.1. The van der Waals surface area contributed by atoms with Gasteiger partial charge in [0.15, 0.2) is 0 Å². The van der Waals surface area contributed by atoms with Crippen LogP contribution in [0.25, 0.3) is 0 Å². The van der Waals surface area contributed by atoms with Crippen molar-refractivity contribution >= 4 is 27.3 Å². The van der Waals surface area contributed by atoms with Crippen molar-refractivity contribution < 1.29 is 13.2 Å². The average Bonchev–Trinajstić information content (AvgIpc) is 3.12. The molecule has 134 valence electrons. The first-order valence-electron chi connectivity index (χ1n) is 8.81. The van der Waals surface area contributed by atoms with E-state index in [0.29, 0.717) is 17.3 Å². The van der Waals surface area contributed by atoms with Crippen molar-refractivity contribution in [3.8, 4) is 0 Å². The summed E-state index contributed by atoms with van der Waals surface area (Å²) in [6.45, 7) is 3.06. The van der Waals surface area contributed by atoms with Gasteiger partial charge in [0.25, 0.3) is 10.0 Å². The van der Waals surface area contributed by atoms with Gasteiger partial charge in [-0.05, 0) is 55.9 Å². The van der Waals surface area contributed by atoms with Crippen LogP contribution in [0.15, 0.2) is 21.7 Å². The van der Waals surface area contributed by atoms with Crippen LogP contribution in [-0.4, -0.2) is 37.8 Å². The Bertz CT molecular complexity index is 649. The number of nitrogens with one attached hydrogen (secondary N) is 1. The summed E-state index contributed by atoms with van der Waals surface area (Å²) in [5, 5.41) is 4.93. The number of sulfonamides is 1. The molecule has 2 aliphatic rings. The zero-order valence-corrected chi connectivity index (χ0v) is 15.7. The molecular formula is C17H26N2O3S2. The van der Waals surface area contributed by atoms with Gasteiger partial charge in [-0.3, -0.25) is 4.79 Å². The second kappa shape index (κ2) is 7.54. The Balaban J connectivity index is 1.60. The summed E-state index contributed by atoms with van der Waals surface area (Å²) in [4.78, 5) is 12.6. The topological polar surface area (TPSA) is 66.5 Å². The minimum atomic E-state index is -3.45. The van der Waals surface area contributed by atoms with Crippen molar-refractivity contribution in [3.63, 3.8) is 0 Å². The van der Waals surface area contributed by atoms with Gasteiger partial charge in [0.05, 0.1) is 5.92 Å². The zero-order valence-electron chi connectivity index (χ0n) is 14.1. The fourth-order valence-electron chi connectivity index (χ4n) is 3.64. The molecular weight excluding hydrogens is 344 g/mol. The van der Waals surface area contributed by atoms with Gasteiger partial charge in [0, 0.05) is 19.1 Å². The van der Waals surface area contributed by atoms with E-state index in [0.717, 1.165) is 44.4 Å². The Morgan fingerprint density at radius 3 is 2.67 bits per heavy atom. The van der Waals surface area contributed by atoms with E-state index in [-0.39, 0.29) is 17.9 Å². The third-order valence-corrected chi connectivity index (χ3v) is 8.44. The van der Waals surface area contributed by atoms with Crippen molar-refractivity contribution in [1.82, 2.24) is 9.62 Å². The number of amides is 1. The van der Waals surface area contributed by atoms with Crippen LogP contribution in [0.5, 0.6) is 0 Å². The molecule has 1 saturated carbocycles. The summed E-state index contributed by atoms with van der Waals surface area (Å²) >= 11 is 1.23. The zero-order chi connectivity index (χ0) is 17.2. The highest BCUT2D eigenvalue weighted by Gasteiger charge is 2.34. The Morgan fingerprint density at radius 1 is 1.25 bits per heavy atom. The Kier molecular flexibility index (Phi) is 5.62. The van der Waals surface area contributed by atoms with Gasteiger partial charge in [-0.15, -0.1) is 11.3 Å². The minimum absolute atomic E-state index is 0.0284. The van der Waals surface area contributed by atoms with Gasteiger partial charge in [-0.1, -0.05) is 13.0 Å². The molecule has 1 saturated heterocycles. The molecule has 2 fully saturated rings. The van der Waals surface area contributed by atoms with E-state index in [1.807, 2.05) is 0 Å². The Labute approximate surface area is 148 Å². The summed E-state index contributed by atoms with van der Waals surface area (Å²) in [7, 11) is -3.45. The number of piperidine rings is 1. The molecule has 1 amide bonds.